The van der Waals surface area contributed by atoms with Crippen LogP contribution in [0.15, 0.2) is 72.8 Å². The van der Waals surface area contributed by atoms with Crippen LogP contribution >= 0.6 is 11.6 Å². The van der Waals surface area contributed by atoms with Crippen molar-refractivity contribution in [2.24, 2.45) is 5.14 Å². The number of anilines is 2. The Morgan fingerprint density at radius 2 is 1.71 bits per heavy atom. The zero-order valence-electron chi connectivity index (χ0n) is 21.2. The van der Waals surface area contributed by atoms with Crippen molar-refractivity contribution in [3.05, 3.63) is 88.9 Å². The Hall–Kier alpha value is -3.40. The molecule has 38 heavy (non-hydrogen) atoms. The van der Waals surface area contributed by atoms with Crippen LogP contribution in [-0.2, 0) is 14.8 Å². The number of carbonyl (C=O) groups is 2. The summed E-state index contributed by atoms with van der Waals surface area (Å²) in [4.78, 5) is 30.0. The number of nitrogens with two attached hydrogens (primary N) is 1. The first-order chi connectivity index (χ1) is 18.0. The summed E-state index contributed by atoms with van der Waals surface area (Å²) in [7, 11) is -3.53. The largest absolute Gasteiger partial charge is 0.494 e. The Balaban J connectivity index is 1.57. The summed E-state index contributed by atoms with van der Waals surface area (Å²) in [6, 6.07) is 21.1. The van der Waals surface area contributed by atoms with E-state index in [1.54, 1.807) is 46.2 Å². The number of sulfonamides is 1. The van der Waals surface area contributed by atoms with E-state index in [0.29, 0.717) is 22.8 Å². The molecule has 2 atom stereocenters. The number of rotatable bonds is 8. The van der Waals surface area contributed by atoms with E-state index in [-0.39, 0.29) is 42.7 Å². The molecule has 3 aromatic carbocycles. The van der Waals surface area contributed by atoms with E-state index in [4.69, 9.17) is 21.5 Å². The van der Waals surface area contributed by atoms with Gasteiger partial charge in [0.15, 0.2) is 0 Å². The fourth-order valence-electron chi connectivity index (χ4n) is 4.80. The highest BCUT2D eigenvalue weighted by molar-refractivity contribution is 7.89. The van der Waals surface area contributed by atoms with Gasteiger partial charge >= 0.3 is 0 Å². The Labute approximate surface area is 228 Å². The summed E-state index contributed by atoms with van der Waals surface area (Å²) in [5.74, 6) is 0.114. The summed E-state index contributed by atoms with van der Waals surface area (Å²) in [6.45, 7) is 3.71. The number of carbonyl (C=O) groups excluding carboxylic acids is 2. The van der Waals surface area contributed by atoms with Crippen molar-refractivity contribution >= 4 is 44.8 Å². The minimum Gasteiger partial charge on any atom is -0.494 e. The second-order valence-electron chi connectivity index (χ2n) is 9.29. The molecule has 2 N–H and O–H groups in total. The molecular weight excluding hydrogens is 526 g/mol. The zero-order valence-corrected chi connectivity index (χ0v) is 22.8. The van der Waals surface area contributed by atoms with Gasteiger partial charge in [-0.2, -0.15) is 0 Å². The van der Waals surface area contributed by atoms with Gasteiger partial charge in [0.2, 0.25) is 15.9 Å². The molecule has 0 fully saturated rings. The number of fused-ring (bicyclic) bond motifs is 1. The molecule has 0 radical (unpaired) electrons. The van der Waals surface area contributed by atoms with Crippen LogP contribution in [0.2, 0.25) is 5.02 Å². The molecule has 3 aromatic rings. The van der Waals surface area contributed by atoms with Gasteiger partial charge in [-0.3, -0.25) is 9.59 Å². The van der Waals surface area contributed by atoms with Gasteiger partial charge < -0.3 is 14.5 Å². The molecule has 2 amide bonds. The van der Waals surface area contributed by atoms with Crippen molar-refractivity contribution in [3.8, 4) is 5.75 Å². The van der Waals surface area contributed by atoms with Crippen LogP contribution in [0, 0.1) is 0 Å². The third-order valence-corrected chi connectivity index (χ3v) is 7.59. The molecule has 1 aliphatic rings. The first-order valence-corrected chi connectivity index (χ1v) is 14.4. The Bertz CT molecular complexity index is 1410. The molecule has 0 bridgehead atoms. The third-order valence-electron chi connectivity index (χ3n) is 6.48. The van der Waals surface area contributed by atoms with E-state index in [1.165, 1.54) is 6.92 Å². The average molecular weight is 556 g/mol. The van der Waals surface area contributed by atoms with Crippen LogP contribution < -0.4 is 19.7 Å². The van der Waals surface area contributed by atoms with Gasteiger partial charge in [0.05, 0.1) is 18.4 Å². The maximum atomic E-state index is 13.7. The van der Waals surface area contributed by atoms with E-state index in [2.05, 4.69) is 0 Å². The van der Waals surface area contributed by atoms with Gasteiger partial charge in [0.25, 0.3) is 5.91 Å². The minimum atomic E-state index is -3.53. The van der Waals surface area contributed by atoms with Crippen molar-refractivity contribution in [2.75, 3.05) is 22.2 Å². The number of hydrogen-bond donors (Lipinski definition) is 1. The molecule has 1 heterocycles. The lowest BCUT2D eigenvalue weighted by Crippen LogP contribution is -2.47. The summed E-state index contributed by atoms with van der Waals surface area (Å²) in [5.41, 5.74) is 2.88. The van der Waals surface area contributed by atoms with E-state index in [1.807, 2.05) is 43.3 Å². The first kappa shape index (κ1) is 27.6. The first-order valence-electron chi connectivity index (χ1n) is 12.3. The van der Waals surface area contributed by atoms with Gasteiger partial charge in [-0.15, -0.1) is 0 Å². The SMILES string of the molecule is CC(=O)N(c1ccc(Cl)cc1)[C@@H]1C[C@H](C)N(C(=O)c2ccc(OCCCS(N)(=O)=O)cc2)c2ccccc21. The quantitative estimate of drug-likeness (QED) is 0.396. The number of hydrogen-bond acceptors (Lipinski definition) is 5. The molecule has 1 aliphatic heterocycles. The monoisotopic (exact) mass is 555 g/mol. The molecule has 0 unspecified atom stereocenters. The van der Waals surface area contributed by atoms with Crippen LogP contribution in [-0.4, -0.2) is 38.6 Å². The number of ether oxygens (including phenoxy) is 1. The molecule has 0 spiro atoms. The topological polar surface area (TPSA) is 110 Å². The van der Waals surface area contributed by atoms with Crippen LogP contribution in [0.5, 0.6) is 5.75 Å². The van der Waals surface area contributed by atoms with Crippen molar-refractivity contribution < 1.29 is 22.7 Å². The van der Waals surface area contributed by atoms with Gasteiger partial charge in [-0.25, -0.2) is 13.6 Å². The maximum absolute atomic E-state index is 13.7. The summed E-state index contributed by atoms with van der Waals surface area (Å²) >= 11 is 6.07. The number of benzene rings is 3. The molecule has 8 nitrogen and oxygen atoms in total. The van der Waals surface area contributed by atoms with E-state index >= 15 is 0 Å². The van der Waals surface area contributed by atoms with E-state index in [0.717, 1.165) is 16.9 Å². The number of primary sulfonamides is 1. The van der Waals surface area contributed by atoms with Gasteiger partial charge in [-0.05, 0) is 79.9 Å². The summed E-state index contributed by atoms with van der Waals surface area (Å²) < 4.78 is 27.7. The van der Waals surface area contributed by atoms with Gasteiger partial charge in [0.1, 0.15) is 5.75 Å². The molecule has 4 rings (SSSR count). The number of nitrogens with zero attached hydrogens (tertiary/aromatic N) is 2. The molecule has 10 heteroatoms. The lowest BCUT2D eigenvalue weighted by molar-refractivity contribution is -0.117. The Kier molecular flexibility index (Phi) is 8.40. The Morgan fingerprint density at radius 1 is 1.05 bits per heavy atom. The smallest absolute Gasteiger partial charge is 0.258 e. The highest BCUT2D eigenvalue weighted by Crippen LogP contribution is 2.42. The van der Waals surface area contributed by atoms with Crippen molar-refractivity contribution in [3.63, 3.8) is 0 Å². The lowest BCUT2D eigenvalue weighted by atomic mass is 9.89. The second kappa shape index (κ2) is 11.6. The summed E-state index contributed by atoms with van der Waals surface area (Å²) in [6.07, 6.45) is 0.826. The molecular formula is C28H30ClN3O5S. The molecule has 0 saturated carbocycles. The Morgan fingerprint density at radius 3 is 2.34 bits per heavy atom. The van der Waals surface area contributed by atoms with Crippen LogP contribution in [0.3, 0.4) is 0 Å². The fourth-order valence-corrected chi connectivity index (χ4v) is 5.45. The number of para-hydroxylation sites is 1. The number of halogens is 1. The van der Waals surface area contributed by atoms with E-state index < -0.39 is 10.0 Å². The number of amides is 2. The maximum Gasteiger partial charge on any atom is 0.258 e. The standard InChI is InChI=1S/C28H30ClN3O5S/c1-19-18-27(32(20(2)33)23-12-10-22(29)11-13-23)25-6-3-4-7-26(25)31(19)28(34)21-8-14-24(15-9-21)37-16-5-17-38(30,35)36/h3-4,6-15,19,27H,5,16-18H2,1-2H3,(H2,30,35,36)/t19-,27+/m0/s1. The average Bonchev–Trinajstić information content (AvgIpc) is 2.87. The highest BCUT2D eigenvalue weighted by Gasteiger charge is 2.38. The normalized spacial score (nSPS) is 17.0. The second-order valence-corrected chi connectivity index (χ2v) is 11.5. The predicted octanol–water partition coefficient (Wildman–Crippen LogP) is 4.93. The lowest BCUT2D eigenvalue weighted by Gasteiger charge is -2.43. The zero-order chi connectivity index (χ0) is 27.4. The minimum absolute atomic E-state index is 0.0984. The van der Waals surface area contributed by atoms with Gasteiger partial charge in [0, 0.05) is 34.9 Å². The fraction of sp³-hybridized carbons (Fsp3) is 0.286. The van der Waals surface area contributed by atoms with Crippen molar-refractivity contribution in [1.29, 1.82) is 0 Å². The molecule has 0 saturated heterocycles. The predicted molar refractivity (Wildman–Crippen MR) is 149 cm³/mol. The molecule has 0 aliphatic carbocycles. The van der Waals surface area contributed by atoms with Gasteiger partial charge in [-0.1, -0.05) is 29.8 Å². The van der Waals surface area contributed by atoms with Crippen LogP contribution in [0.1, 0.15) is 48.7 Å². The summed E-state index contributed by atoms with van der Waals surface area (Å²) in [5, 5.41) is 5.60. The molecule has 200 valence electrons. The third kappa shape index (κ3) is 6.35. The molecule has 0 aromatic heterocycles. The van der Waals surface area contributed by atoms with Crippen LogP contribution in [0.4, 0.5) is 11.4 Å². The van der Waals surface area contributed by atoms with Crippen molar-refractivity contribution in [2.45, 2.75) is 38.8 Å². The van der Waals surface area contributed by atoms with Crippen LogP contribution in [0.25, 0.3) is 0 Å². The highest BCUT2D eigenvalue weighted by atomic mass is 35.5. The van der Waals surface area contributed by atoms with Crippen molar-refractivity contribution in [1.82, 2.24) is 0 Å². The van der Waals surface area contributed by atoms with E-state index in [9.17, 15) is 18.0 Å².